The van der Waals surface area contributed by atoms with Gasteiger partial charge in [-0.3, -0.25) is 4.79 Å². The predicted octanol–water partition coefficient (Wildman–Crippen LogP) is 5.08. The molecule has 2 aromatic rings. The normalized spacial score (nSPS) is 10.6. The zero-order chi connectivity index (χ0) is 19.6. The van der Waals surface area contributed by atoms with Crippen LogP contribution in [0.4, 0.5) is 11.4 Å². The van der Waals surface area contributed by atoms with Gasteiger partial charge in [0.05, 0.1) is 13.2 Å². The second-order valence-electron chi connectivity index (χ2n) is 6.73. The van der Waals surface area contributed by atoms with Crippen molar-refractivity contribution in [3.05, 3.63) is 48.0 Å². The van der Waals surface area contributed by atoms with E-state index in [4.69, 9.17) is 9.47 Å². The average molecular weight is 370 g/mol. The van der Waals surface area contributed by atoms with E-state index in [9.17, 15) is 4.79 Å². The molecule has 0 unspecified atom stereocenters. The molecular formula is C22H30N2O3. The number of benzene rings is 2. The Kier molecular flexibility index (Phi) is 7.99. The van der Waals surface area contributed by atoms with Crippen LogP contribution in [0, 0.1) is 5.92 Å². The number of nitrogens with one attached hydrogen (secondary N) is 2. The highest BCUT2D eigenvalue weighted by atomic mass is 16.5. The van der Waals surface area contributed by atoms with Gasteiger partial charge in [0.15, 0.2) is 11.5 Å². The fourth-order valence-electron chi connectivity index (χ4n) is 2.70. The van der Waals surface area contributed by atoms with Gasteiger partial charge in [0.1, 0.15) is 0 Å². The number of rotatable bonds is 10. The van der Waals surface area contributed by atoms with E-state index in [0.717, 1.165) is 28.4 Å². The van der Waals surface area contributed by atoms with E-state index < -0.39 is 0 Å². The summed E-state index contributed by atoms with van der Waals surface area (Å²) >= 11 is 0. The first kappa shape index (κ1) is 20.6. The Morgan fingerprint density at radius 3 is 2.37 bits per heavy atom. The molecule has 0 radical (unpaired) electrons. The fourth-order valence-corrected chi connectivity index (χ4v) is 2.70. The Hall–Kier alpha value is -2.69. The molecule has 27 heavy (non-hydrogen) atoms. The summed E-state index contributed by atoms with van der Waals surface area (Å²) in [6, 6.07) is 13.7. The molecule has 2 aromatic carbocycles. The Labute approximate surface area is 162 Å². The van der Waals surface area contributed by atoms with Crippen LogP contribution in [0.3, 0.4) is 0 Å². The number of amides is 1. The lowest BCUT2D eigenvalue weighted by atomic mass is 10.1. The van der Waals surface area contributed by atoms with Gasteiger partial charge in [-0.25, -0.2) is 0 Å². The molecule has 0 spiro atoms. The maximum Gasteiger partial charge on any atom is 0.224 e. The van der Waals surface area contributed by atoms with Crippen LogP contribution in [0.15, 0.2) is 42.5 Å². The number of ether oxygens (including phenoxy) is 2. The van der Waals surface area contributed by atoms with Gasteiger partial charge in [-0.1, -0.05) is 26.0 Å². The smallest absolute Gasteiger partial charge is 0.224 e. The van der Waals surface area contributed by atoms with Crippen LogP contribution in [0.5, 0.6) is 11.5 Å². The summed E-state index contributed by atoms with van der Waals surface area (Å²) in [4.78, 5) is 11.9. The number of anilines is 2. The zero-order valence-corrected chi connectivity index (χ0v) is 16.7. The van der Waals surface area contributed by atoms with E-state index in [0.29, 0.717) is 32.1 Å². The maximum atomic E-state index is 11.9. The van der Waals surface area contributed by atoms with Crippen molar-refractivity contribution < 1.29 is 14.3 Å². The quantitative estimate of drug-likeness (QED) is 0.612. The third kappa shape index (κ3) is 6.85. The summed E-state index contributed by atoms with van der Waals surface area (Å²) in [5.74, 6) is 1.90. The summed E-state index contributed by atoms with van der Waals surface area (Å²) in [5.41, 5.74) is 2.84. The Balaban J connectivity index is 2.00. The minimum atomic E-state index is 0.0371. The highest BCUT2D eigenvalue weighted by molar-refractivity contribution is 5.91. The van der Waals surface area contributed by atoms with Crippen LogP contribution in [-0.4, -0.2) is 19.1 Å². The van der Waals surface area contributed by atoms with Gasteiger partial charge < -0.3 is 20.1 Å². The number of hydrogen-bond donors (Lipinski definition) is 2. The Morgan fingerprint density at radius 1 is 0.963 bits per heavy atom. The lowest BCUT2D eigenvalue weighted by molar-refractivity contribution is -0.116. The van der Waals surface area contributed by atoms with Crippen molar-refractivity contribution in [2.45, 2.75) is 40.7 Å². The van der Waals surface area contributed by atoms with Gasteiger partial charge >= 0.3 is 0 Å². The summed E-state index contributed by atoms with van der Waals surface area (Å²) in [5, 5.41) is 6.33. The average Bonchev–Trinajstić information content (AvgIpc) is 2.62. The Bertz CT molecular complexity index is 744. The van der Waals surface area contributed by atoms with Crippen molar-refractivity contribution in [3.63, 3.8) is 0 Å². The first-order chi connectivity index (χ1) is 13.0. The minimum Gasteiger partial charge on any atom is -0.490 e. The molecule has 0 saturated carbocycles. The van der Waals surface area contributed by atoms with Crippen molar-refractivity contribution in [1.29, 1.82) is 0 Å². The summed E-state index contributed by atoms with van der Waals surface area (Å²) < 4.78 is 11.3. The van der Waals surface area contributed by atoms with Gasteiger partial charge in [0, 0.05) is 24.3 Å². The molecule has 5 nitrogen and oxygen atoms in total. The third-order valence-corrected chi connectivity index (χ3v) is 3.84. The Morgan fingerprint density at radius 2 is 1.67 bits per heavy atom. The standard InChI is InChI=1S/C22H30N2O3/c1-5-26-20-11-10-17(13-21(20)27-6-2)15-23-18-8-7-9-19(14-18)24-22(25)12-16(3)4/h7-11,13-14,16,23H,5-6,12,15H2,1-4H3,(H,24,25). The van der Waals surface area contributed by atoms with Crippen LogP contribution in [-0.2, 0) is 11.3 Å². The van der Waals surface area contributed by atoms with Gasteiger partial charge in [-0.05, 0) is 55.7 Å². The summed E-state index contributed by atoms with van der Waals surface area (Å²) in [6.07, 6.45) is 0.518. The highest BCUT2D eigenvalue weighted by Crippen LogP contribution is 2.29. The number of carbonyl (C=O) groups excluding carboxylic acids is 1. The lowest BCUT2D eigenvalue weighted by Gasteiger charge is -2.14. The van der Waals surface area contributed by atoms with Crippen LogP contribution in [0.2, 0.25) is 0 Å². The summed E-state index contributed by atoms with van der Waals surface area (Å²) in [7, 11) is 0. The second-order valence-corrected chi connectivity index (χ2v) is 6.73. The van der Waals surface area contributed by atoms with Crippen molar-refractivity contribution in [3.8, 4) is 11.5 Å². The molecule has 0 fully saturated rings. The topological polar surface area (TPSA) is 59.6 Å². The molecule has 0 aliphatic heterocycles. The van der Waals surface area contributed by atoms with Gasteiger partial charge in [0.25, 0.3) is 0 Å². The van der Waals surface area contributed by atoms with Crippen LogP contribution < -0.4 is 20.1 Å². The molecule has 0 heterocycles. The maximum absolute atomic E-state index is 11.9. The lowest BCUT2D eigenvalue weighted by Crippen LogP contribution is -2.13. The third-order valence-electron chi connectivity index (χ3n) is 3.84. The number of carbonyl (C=O) groups is 1. The van der Waals surface area contributed by atoms with E-state index in [1.54, 1.807) is 0 Å². The van der Waals surface area contributed by atoms with Crippen molar-refractivity contribution in [2.75, 3.05) is 23.8 Å². The first-order valence-corrected chi connectivity index (χ1v) is 9.54. The molecule has 0 bridgehead atoms. The first-order valence-electron chi connectivity index (χ1n) is 9.54. The summed E-state index contributed by atoms with van der Waals surface area (Å²) in [6.45, 7) is 9.82. The van der Waals surface area contributed by atoms with E-state index in [1.807, 2.05) is 70.2 Å². The van der Waals surface area contributed by atoms with Crippen molar-refractivity contribution in [2.24, 2.45) is 5.92 Å². The highest BCUT2D eigenvalue weighted by Gasteiger charge is 2.07. The molecule has 0 aliphatic carbocycles. The molecule has 5 heteroatoms. The molecule has 0 saturated heterocycles. The van der Waals surface area contributed by atoms with Gasteiger partial charge in [0.2, 0.25) is 5.91 Å². The molecular weight excluding hydrogens is 340 g/mol. The molecule has 2 rings (SSSR count). The molecule has 0 atom stereocenters. The van der Waals surface area contributed by atoms with Crippen molar-refractivity contribution in [1.82, 2.24) is 0 Å². The minimum absolute atomic E-state index is 0.0371. The van der Waals surface area contributed by atoms with Crippen molar-refractivity contribution >= 4 is 17.3 Å². The number of hydrogen-bond acceptors (Lipinski definition) is 4. The SMILES string of the molecule is CCOc1ccc(CNc2cccc(NC(=O)CC(C)C)c2)cc1OCC. The predicted molar refractivity (Wildman–Crippen MR) is 111 cm³/mol. The second kappa shape index (κ2) is 10.5. The zero-order valence-electron chi connectivity index (χ0n) is 16.7. The molecule has 0 aromatic heterocycles. The van der Waals surface area contributed by atoms with E-state index in [1.165, 1.54) is 0 Å². The van der Waals surface area contributed by atoms with E-state index >= 15 is 0 Å². The largest absolute Gasteiger partial charge is 0.490 e. The van der Waals surface area contributed by atoms with E-state index in [2.05, 4.69) is 10.6 Å². The van der Waals surface area contributed by atoms with Crippen LogP contribution >= 0.6 is 0 Å². The van der Waals surface area contributed by atoms with Crippen LogP contribution in [0.1, 0.15) is 39.7 Å². The van der Waals surface area contributed by atoms with Gasteiger partial charge in [-0.2, -0.15) is 0 Å². The molecule has 1 amide bonds. The van der Waals surface area contributed by atoms with E-state index in [-0.39, 0.29) is 5.91 Å². The molecule has 146 valence electrons. The van der Waals surface area contributed by atoms with Crippen LogP contribution in [0.25, 0.3) is 0 Å². The monoisotopic (exact) mass is 370 g/mol. The molecule has 2 N–H and O–H groups in total. The van der Waals surface area contributed by atoms with Gasteiger partial charge in [-0.15, -0.1) is 0 Å². The fraction of sp³-hybridized carbons (Fsp3) is 0.409. The molecule has 0 aliphatic rings.